The number of furan rings is 1. The predicted octanol–water partition coefficient (Wildman–Crippen LogP) is 13.3. The summed E-state index contributed by atoms with van der Waals surface area (Å²) < 4.78 is 13.4. The average molecular weight is 714 g/mol. The smallest absolute Gasteiger partial charge is 0.212 e. The minimum Gasteiger partial charge on any atom is -0.455 e. The molecule has 0 aliphatic carbocycles. The number of nitriles is 1. The third-order valence-electron chi connectivity index (χ3n) is 11.5. The number of rotatable bonds is 3. The van der Waals surface area contributed by atoms with Crippen molar-refractivity contribution in [3.8, 4) is 23.1 Å². The van der Waals surface area contributed by atoms with Crippen molar-refractivity contribution >= 4 is 93.0 Å². The van der Waals surface area contributed by atoms with Gasteiger partial charge in [-0.15, -0.1) is 0 Å². The third-order valence-corrected chi connectivity index (χ3v) is 11.5. The lowest BCUT2D eigenvalue weighted by molar-refractivity contribution is 0.673. The Bertz CT molecular complexity index is 3640. The van der Waals surface area contributed by atoms with Gasteiger partial charge in [0.15, 0.2) is 0 Å². The topological polar surface area (TPSA) is 56.1 Å². The van der Waals surface area contributed by atoms with E-state index in [2.05, 4.69) is 134 Å². The molecular weight excluding hydrogens is 687 g/mol. The number of nitrogens with zero attached hydrogens (tertiary/aromatic N) is 5. The van der Waals surface area contributed by atoms with E-state index in [1.165, 1.54) is 10.8 Å². The summed E-state index contributed by atoms with van der Waals surface area (Å²) in [6.45, 7) is 8.56. The van der Waals surface area contributed by atoms with Crippen molar-refractivity contribution in [3.05, 3.63) is 181 Å². The Hall–Kier alpha value is -8.06. The first kappa shape index (κ1) is 30.4. The molecule has 0 unspecified atom stereocenters. The molecule has 0 saturated carbocycles. The Labute approximate surface area is 319 Å². The fraction of sp³-hybridized carbons (Fsp3) is 0. The molecule has 6 heteroatoms. The molecule has 0 aliphatic rings. The first-order valence-corrected chi connectivity index (χ1v) is 18.5. The van der Waals surface area contributed by atoms with Gasteiger partial charge in [-0.1, -0.05) is 103 Å². The summed E-state index contributed by atoms with van der Waals surface area (Å²) in [6.07, 6.45) is 0. The van der Waals surface area contributed by atoms with Crippen LogP contribution in [0, 0.1) is 17.9 Å². The zero-order chi connectivity index (χ0) is 37.1. The summed E-state index contributed by atoms with van der Waals surface area (Å²) in [7, 11) is 0. The van der Waals surface area contributed by atoms with Crippen molar-refractivity contribution < 1.29 is 4.42 Å². The molecule has 8 aromatic carbocycles. The zero-order valence-electron chi connectivity index (χ0n) is 29.7. The molecule has 6 nitrogen and oxygen atoms in total. The van der Waals surface area contributed by atoms with E-state index in [0.29, 0.717) is 22.6 Å². The molecule has 0 amide bonds. The lowest BCUT2D eigenvalue weighted by Crippen LogP contribution is -2.06. The molecule has 4 aromatic heterocycles. The molecule has 0 radical (unpaired) electrons. The maximum atomic E-state index is 10.8. The van der Waals surface area contributed by atoms with Gasteiger partial charge in [0, 0.05) is 43.4 Å². The van der Waals surface area contributed by atoms with Crippen molar-refractivity contribution in [1.29, 1.82) is 5.26 Å². The normalized spacial score (nSPS) is 11.9. The van der Waals surface area contributed by atoms with Crippen LogP contribution in [-0.2, 0) is 0 Å². The second-order valence-electron chi connectivity index (χ2n) is 14.3. The summed E-state index contributed by atoms with van der Waals surface area (Å²) in [5.74, 6) is 0. The summed E-state index contributed by atoms with van der Waals surface area (Å²) in [5, 5.41) is 19.4. The summed E-state index contributed by atoms with van der Waals surface area (Å²) in [5.41, 5.74) is 10.8. The molecule has 0 bridgehead atoms. The van der Waals surface area contributed by atoms with Gasteiger partial charge < -0.3 is 18.1 Å². The summed E-state index contributed by atoms with van der Waals surface area (Å²) in [6, 6.07) is 58.7. The highest BCUT2D eigenvalue weighted by molar-refractivity contribution is 6.24. The highest BCUT2D eigenvalue weighted by Gasteiger charge is 2.27. The highest BCUT2D eigenvalue weighted by Crippen LogP contribution is 2.46. The van der Waals surface area contributed by atoms with E-state index in [4.69, 9.17) is 11.0 Å². The SMILES string of the molecule is [C-]#[N+]c1ccc(C#N)c(-n2c3ccccc3c3ccccc32)c1-n1c2ccc(-n3c4ccccc4c4ccccc43)cc2c2c3oc4ccccc4c3ccc21. The van der Waals surface area contributed by atoms with Crippen LogP contribution in [0.25, 0.3) is 109 Å². The quantitative estimate of drug-likeness (QED) is 0.171. The lowest BCUT2D eigenvalue weighted by Gasteiger charge is -2.20. The maximum absolute atomic E-state index is 10.8. The van der Waals surface area contributed by atoms with E-state index in [9.17, 15) is 5.26 Å². The number of hydrogen-bond donors (Lipinski definition) is 0. The Balaban J connectivity index is 1.28. The van der Waals surface area contributed by atoms with E-state index < -0.39 is 0 Å². The molecule has 258 valence electrons. The van der Waals surface area contributed by atoms with Crippen LogP contribution in [0.3, 0.4) is 0 Å². The maximum Gasteiger partial charge on any atom is 0.212 e. The van der Waals surface area contributed by atoms with Crippen LogP contribution < -0.4 is 0 Å². The van der Waals surface area contributed by atoms with Crippen LogP contribution in [0.5, 0.6) is 0 Å². The molecule has 4 heterocycles. The van der Waals surface area contributed by atoms with Crippen LogP contribution in [0.1, 0.15) is 5.56 Å². The van der Waals surface area contributed by atoms with E-state index in [1.807, 2.05) is 42.5 Å². The molecule has 12 rings (SSSR count). The second-order valence-corrected chi connectivity index (χ2v) is 14.3. The van der Waals surface area contributed by atoms with Crippen molar-refractivity contribution in [2.75, 3.05) is 0 Å². The van der Waals surface area contributed by atoms with Crippen molar-refractivity contribution in [3.63, 3.8) is 0 Å². The Morgan fingerprint density at radius 2 is 0.982 bits per heavy atom. The highest BCUT2D eigenvalue weighted by atomic mass is 16.3. The molecule has 0 saturated heterocycles. The van der Waals surface area contributed by atoms with Crippen LogP contribution in [0.4, 0.5) is 5.69 Å². The Morgan fingerprint density at radius 1 is 0.464 bits per heavy atom. The molecule has 0 fully saturated rings. The first-order valence-electron chi connectivity index (χ1n) is 18.5. The first-order chi connectivity index (χ1) is 27.7. The predicted molar refractivity (Wildman–Crippen MR) is 228 cm³/mol. The van der Waals surface area contributed by atoms with Crippen molar-refractivity contribution in [1.82, 2.24) is 13.7 Å². The van der Waals surface area contributed by atoms with Gasteiger partial charge in [-0.25, -0.2) is 4.85 Å². The minimum atomic E-state index is 0.441. The van der Waals surface area contributed by atoms with Crippen LogP contribution in [0.2, 0.25) is 0 Å². The van der Waals surface area contributed by atoms with Crippen molar-refractivity contribution in [2.45, 2.75) is 0 Å². The number of hydrogen-bond acceptors (Lipinski definition) is 2. The summed E-state index contributed by atoms with van der Waals surface area (Å²) in [4.78, 5) is 4.15. The number of fused-ring (bicyclic) bond motifs is 13. The Morgan fingerprint density at radius 3 is 1.59 bits per heavy atom. The van der Waals surface area contributed by atoms with Gasteiger partial charge in [-0.2, -0.15) is 5.26 Å². The van der Waals surface area contributed by atoms with E-state index in [-0.39, 0.29) is 0 Å². The molecule has 0 spiro atoms. The largest absolute Gasteiger partial charge is 0.455 e. The van der Waals surface area contributed by atoms with Gasteiger partial charge in [0.2, 0.25) is 5.69 Å². The fourth-order valence-electron chi connectivity index (χ4n) is 9.21. The van der Waals surface area contributed by atoms with Gasteiger partial charge in [0.05, 0.1) is 62.0 Å². The monoisotopic (exact) mass is 713 g/mol. The molecular formula is C50H27N5O. The number of aromatic nitrogens is 3. The molecule has 56 heavy (non-hydrogen) atoms. The minimum absolute atomic E-state index is 0.441. The van der Waals surface area contributed by atoms with E-state index in [1.54, 1.807) is 12.1 Å². The number of para-hydroxylation sites is 5. The zero-order valence-corrected chi connectivity index (χ0v) is 29.7. The van der Waals surface area contributed by atoms with Gasteiger partial charge in [-0.05, 0) is 60.7 Å². The Kier molecular flexibility index (Phi) is 6.10. The van der Waals surface area contributed by atoms with Gasteiger partial charge >= 0.3 is 0 Å². The van der Waals surface area contributed by atoms with Gasteiger partial charge in [0.25, 0.3) is 0 Å². The molecule has 0 atom stereocenters. The van der Waals surface area contributed by atoms with E-state index >= 15 is 0 Å². The lowest BCUT2D eigenvalue weighted by atomic mass is 10.1. The molecule has 0 aliphatic heterocycles. The summed E-state index contributed by atoms with van der Waals surface area (Å²) >= 11 is 0. The third kappa shape index (κ3) is 3.92. The molecule has 0 N–H and O–H groups in total. The number of benzene rings is 8. The standard InChI is InChI=1S/C50H27N5O/c1-52-39-25-22-30(29-51)48(54-42-19-9-4-14-34(42)35-15-5-10-20-43(35)54)49(39)55-44-26-23-31(53-40-17-7-2-12-32(40)33-13-3-8-18-41(33)53)28-38(44)47-45(55)27-24-37-36-16-6-11-21-46(36)56-50(37)47/h2-28H. The van der Waals surface area contributed by atoms with Crippen LogP contribution in [0.15, 0.2) is 168 Å². The second kappa shape index (κ2) is 11.2. The van der Waals surface area contributed by atoms with Gasteiger partial charge in [-0.3, -0.25) is 0 Å². The fourth-order valence-corrected chi connectivity index (χ4v) is 9.21. The molecule has 12 aromatic rings. The average Bonchev–Trinajstić information content (AvgIpc) is 3.99. The van der Waals surface area contributed by atoms with Crippen molar-refractivity contribution in [2.24, 2.45) is 0 Å². The van der Waals surface area contributed by atoms with Crippen LogP contribution >= 0.6 is 0 Å². The van der Waals surface area contributed by atoms with Crippen LogP contribution in [-0.4, -0.2) is 13.7 Å². The van der Waals surface area contributed by atoms with Gasteiger partial charge in [0.1, 0.15) is 17.2 Å². The van der Waals surface area contributed by atoms with E-state index in [0.717, 1.165) is 82.3 Å².